The van der Waals surface area contributed by atoms with Crippen LogP contribution in [0.5, 0.6) is 0 Å². The Balaban J connectivity index is 0.00000341. The van der Waals surface area contributed by atoms with E-state index in [1.165, 1.54) is 0 Å². The van der Waals surface area contributed by atoms with Crippen molar-refractivity contribution in [2.24, 2.45) is 16.5 Å². The Labute approximate surface area is 212 Å². The lowest BCUT2D eigenvalue weighted by atomic mass is 10.1. The zero-order chi connectivity index (χ0) is 21.5. The molecule has 1 unspecified atom stereocenters. The van der Waals surface area contributed by atoms with Gasteiger partial charge >= 0.3 is 0 Å². The monoisotopic (exact) mass is 513 g/mol. The highest BCUT2D eigenvalue weighted by Gasteiger charge is 2.15. The summed E-state index contributed by atoms with van der Waals surface area (Å²) in [6.45, 7) is 6.84. The van der Waals surface area contributed by atoms with Crippen LogP contribution in [0.3, 0.4) is 0 Å². The molecular formula is C22H30Cl3N7O. The molecular weight excluding hydrogens is 485 g/mol. The van der Waals surface area contributed by atoms with E-state index in [9.17, 15) is 0 Å². The highest BCUT2D eigenvalue weighted by molar-refractivity contribution is 5.90. The van der Waals surface area contributed by atoms with Gasteiger partial charge in [0.1, 0.15) is 0 Å². The van der Waals surface area contributed by atoms with Crippen LogP contribution in [0, 0.1) is 6.92 Å². The van der Waals surface area contributed by atoms with Gasteiger partial charge in [0.25, 0.3) is 0 Å². The topological polar surface area (TPSA) is 116 Å². The Morgan fingerprint density at radius 2 is 1.88 bits per heavy atom. The maximum atomic E-state index is 5.99. The fourth-order valence-electron chi connectivity index (χ4n) is 2.93. The molecule has 0 aliphatic heterocycles. The molecule has 1 aromatic carbocycles. The molecule has 2 heterocycles. The minimum atomic E-state index is -0.178. The van der Waals surface area contributed by atoms with Gasteiger partial charge < -0.3 is 11.5 Å². The van der Waals surface area contributed by atoms with E-state index in [1.807, 2.05) is 63.3 Å². The van der Waals surface area contributed by atoms with Gasteiger partial charge in [-0.1, -0.05) is 17.7 Å². The summed E-state index contributed by atoms with van der Waals surface area (Å²) in [5.74, 6) is 1.31. The van der Waals surface area contributed by atoms with Crippen molar-refractivity contribution < 1.29 is 4.84 Å². The van der Waals surface area contributed by atoms with Crippen LogP contribution in [0.2, 0.25) is 0 Å². The second kappa shape index (κ2) is 14.5. The Morgan fingerprint density at radius 3 is 2.52 bits per heavy atom. The molecule has 4 N–H and O–H groups in total. The number of halogens is 3. The standard InChI is InChI=1S/C22H27N7O.3ClH/c1-4-29(30-14-16(3)26-22(23)24)21-18-13-15(2)8-10-19(18)27-20(28-21)11-9-17-7-5-6-12-25-17;;;/h5-13,16H,4,14H2,1-3H3,(H4,23,24,26);3*1H. The molecule has 0 bridgehead atoms. The second-order valence-electron chi connectivity index (χ2n) is 6.91. The lowest BCUT2D eigenvalue weighted by Gasteiger charge is -2.24. The van der Waals surface area contributed by atoms with Crippen molar-refractivity contribution in [2.75, 3.05) is 18.2 Å². The van der Waals surface area contributed by atoms with Crippen LogP contribution in [0.4, 0.5) is 5.82 Å². The van der Waals surface area contributed by atoms with Gasteiger partial charge in [-0.25, -0.2) is 20.0 Å². The van der Waals surface area contributed by atoms with Crippen molar-refractivity contribution in [3.8, 4) is 0 Å². The number of hydrogen-bond acceptors (Lipinski definition) is 6. The Hall–Kier alpha value is -2.65. The first kappa shape index (κ1) is 30.4. The molecule has 0 saturated heterocycles. The maximum absolute atomic E-state index is 5.99. The molecule has 33 heavy (non-hydrogen) atoms. The van der Waals surface area contributed by atoms with Crippen LogP contribution in [0.1, 0.15) is 30.9 Å². The van der Waals surface area contributed by atoms with E-state index in [4.69, 9.17) is 21.3 Å². The number of benzene rings is 1. The van der Waals surface area contributed by atoms with Crippen LogP contribution in [0.15, 0.2) is 47.6 Å². The first-order chi connectivity index (χ1) is 14.5. The van der Waals surface area contributed by atoms with Crippen LogP contribution in [-0.2, 0) is 4.84 Å². The Kier molecular flexibility index (Phi) is 13.3. The van der Waals surface area contributed by atoms with Gasteiger partial charge in [-0.2, -0.15) is 0 Å². The average molecular weight is 515 g/mol. The number of nitrogens with zero attached hydrogens (tertiary/aromatic N) is 5. The van der Waals surface area contributed by atoms with Crippen molar-refractivity contribution in [2.45, 2.75) is 26.8 Å². The molecule has 0 aliphatic rings. The van der Waals surface area contributed by atoms with E-state index >= 15 is 0 Å². The third-order valence-corrected chi connectivity index (χ3v) is 4.30. The lowest BCUT2D eigenvalue weighted by molar-refractivity contribution is 0.101. The van der Waals surface area contributed by atoms with E-state index in [0.717, 1.165) is 22.2 Å². The maximum Gasteiger partial charge on any atom is 0.186 e. The number of aliphatic imine (C=N–C) groups is 1. The minimum Gasteiger partial charge on any atom is -0.370 e. The first-order valence-electron chi connectivity index (χ1n) is 9.83. The molecule has 0 spiro atoms. The number of fused-ring (bicyclic) bond motifs is 1. The van der Waals surface area contributed by atoms with Crippen molar-refractivity contribution in [3.63, 3.8) is 0 Å². The van der Waals surface area contributed by atoms with Crippen LogP contribution < -0.4 is 16.5 Å². The van der Waals surface area contributed by atoms with Gasteiger partial charge in [0, 0.05) is 18.1 Å². The number of guanidine groups is 1. The fourth-order valence-corrected chi connectivity index (χ4v) is 2.93. The third-order valence-electron chi connectivity index (χ3n) is 4.30. The molecule has 8 nitrogen and oxygen atoms in total. The number of hydroxylamine groups is 1. The predicted molar refractivity (Wildman–Crippen MR) is 143 cm³/mol. The summed E-state index contributed by atoms with van der Waals surface area (Å²) in [6, 6.07) is 11.6. The molecule has 0 aliphatic carbocycles. The smallest absolute Gasteiger partial charge is 0.186 e. The summed E-state index contributed by atoms with van der Waals surface area (Å²) in [5, 5.41) is 2.67. The number of aryl methyl sites for hydroxylation is 1. The zero-order valence-electron chi connectivity index (χ0n) is 18.7. The third kappa shape index (κ3) is 8.66. The quantitative estimate of drug-likeness (QED) is 0.263. The van der Waals surface area contributed by atoms with Crippen LogP contribution in [-0.4, -0.2) is 40.1 Å². The SMILES string of the molecule is CCN(OCC(C)N=C(N)N)c1nc(C=Cc2ccccn2)nc2ccc(C)cc12.Cl.Cl.Cl. The van der Waals surface area contributed by atoms with Gasteiger partial charge in [-0.15, -0.1) is 37.2 Å². The number of hydrogen-bond donors (Lipinski definition) is 2. The summed E-state index contributed by atoms with van der Waals surface area (Å²) in [6.07, 6.45) is 5.48. The van der Waals surface area contributed by atoms with E-state index in [2.05, 4.69) is 21.0 Å². The first-order valence-corrected chi connectivity index (χ1v) is 9.83. The Morgan fingerprint density at radius 1 is 1.12 bits per heavy atom. The minimum absolute atomic E-state index is 0. The molecule has 2 aromatic heterocycles. The highest BCUT2D eigenvalue weighted by atomic mass is 35.5. The van der Waals surface area contributed by atoms with Gasteiger partial charge in [0.2, 0.25) is 0 Å². The second-order valence-corrected chi connectivity index (χ2v) is 6.91. The molecule has 11 heteroatoms. The fraction of sp³-hybridized carbons (Fsp3) is 0.273. The van der Waals surface area contributed by atoms with Gasteiger partial charge in [-0.3, -0.25) is 9.82 Å². The van der Waals surface area contributed by atoms with E-state index in [-0.39, 0.29) is 49.2 Å². The molecule has 0 amide bonds. The van der Waals surface area contributed by atoms with Crippen molar-refractivity contribution in [1.82, 2.24) is 15.0 Å². The summed E-state index contributed by atoms with van der Waals surface area (Å²) >= 11 is 0. The van der Waals surface area contributed by atoms with E-state index in [1.54, 1.807) is 11.3 Å². The van der Waals surface area contributed by atoms with Gasteiger partial charge in [0.05, 0.1) is 23.9 Å². The number of anilines is 1. The molecule has 1 atom stereocenters. The predicted octanol–water partition coefficient (Wildman–Crippen LogP) is 4.19. The summed E-state index contributed by atoms with van der Waals surface area (Å²) < 4.78 is 0. The summed E-state index contributed by atoms with van der Waals surface area (Å²) in [5.41, 5.74) is 13.7. The van der Waals surface area contributed by atoms with Gasteiger partial charge in [0.15, 0.2) is 17.6 Å². The van der Waals surface area contributed by atoms with Crippen LogP contribution in [0.25, 0.3) is 23.1 Å². The number of pyridine rings is 1. The van der Waals surface area contributed by atoms with E-state index < -0.39 is 0 Å². The largest absolute Gasteiger partial charge is 0.370 e. The molecule has 3 aromatic rings. The normalized spacial score (nSPS) is 11.1. The number of nitrogens with two attached hydrogens (primary N) is 2. The molecule has 180 valence electrons. The summed E-state index contributed by atoms with van der Waals surface area (Å²) in [7, 11) is 0. The summed E-state index contributed by atoms with van der Waals surface area (Å²) in [4.78, 5) is 23.8. The van der Waals surface area contributed by atoms with Crippen molar-refractivity contribution >= 4 is 72.1 Å². The number of rotatable bonds is 8. The van der Waals surface area contributed by atoms with Crippen LogP contribution >= 0.6 is 37.2 Å². The Bertz CT molecular complexity index is 1060. The van der Waals surface area contributed by atoms with E-state index in [0.29, 0.717) is 24.8 Å². The molecule has 3 rings (SSSR count). The highest BCUT2D eigenvalue weighted by Crippen LogP contribution is 2.26. The van der Waals surface area contributed by atoms with Gasteiger partial charge in [-0.05, 0) is 57.2 Å². The van der Waals surface area contributed by atoms with Crippen molar-refractivity contribution in [3.05, 3.63) is 59.7 Å². The van der Waals surface area contributed by atoms with Crippen molar-refractivity contribution in [1.29, 1.82) is 0 Å². The zero-order valence-corrected chi connectivity index (χ0v) is 21.2. The average Bonchev–Trinajstić information content (AvgIpc) is 2.73. The molecule has 0 radical (unpaired) electrons. The lowest BCUT2D eigenvalue weighted by Crippen LogP contribution is -2.30. The molecule has 0 saturated carbocycles. The molecule has 0 fully saturated rings. The number of aromatic nitrogens is 3.